The standard InChI is InChI=1S/C35H36N2O8/c1-39-27-14-12-22(10-11-23-19-31(41-3)33(43-5)32(20-23)42-4)18-30(27)45-17-16-44-28-15-13-24(21-29(28)40-2)34-36-26-9-7-6-8-25(26)35(38)37-34/h6-15,18-21,34,36H,16-17H2,1-5H3,(H,37,38). The molecule has 1 atom stereocenters. The average Bonchev–Trinajstić information content (AvgIpc) is 3.08. The highest BCUT2D eigenvalue weighted by Crippen LogP contribution is 2.39. The molecular formula is C35H36N2O8. The molecule has 45 heavy (non-hydrogen) atoms. The van der Waals surface area contributed by atoms with Crippen molar-refractivity contribution in [3.63, 3.8) is 0 Å². The van der Waals surface area contributed by atoms with Crippen LogP contribution >= 0.6 is 0 Å². The van der Waals surface area contributed by atoms with Crippen molar-refractivity contribution in [3.8, 4) is 40.2 Å². The molecule has 10 nitrogen and oxygen atoms in total. The van der Waals surface area contributed by atoms with Crippen LogP contribution in [0.25, 0.3) is 12.2 Å². The number of amides is 1. The summed E-state index contributed by atoms with van der Waals surface area (Å²) in [5.41, 5.74) is 4.00. The van der Waals surface area contributed by atoms with Gasteiger partial charge < -0.3 is 43.8 Å². The highest BCUT2D eigenvalue weighted by Gasteiger charge is 2.25. The quantitative estimate of drug-likeness (QED) is 0.135. The first-order valence-electron chi connectivity index (χ1n) is 14.2. The summed E-state index contributed by atoms with van der Waals surface area (Å²) in [6.07, 6.45) is 3.50. The highest BCUT2D eigenvalue weighted by molar-refractivity contribution is 6.01. The second kappa shape index (κ2) is 14.3. The summed E-state index contributed by atoms with van der Waals surface area (Å²) >= 11 is 0. The van der Waals surface area contributed by atoms with Crippen molar-refractivity contribution >= 4 is 23.7 Å². The first kappa shape index (κ1) is 30.9. The largest absolute Gasteiger partial charge is 0.493 e. The molecule has 5 rings (SSSR count). The first-order valence-corrected chi connectivity index (χ1v) is 14.2. The minimum Gasteiger partial charge on any atom is -0.493 e. The molecule has 234 valence electrons. The van der Waals surface area contributed by atoms with Crippen LogP contribution in [0.4, 0.5) is 5.69 Å². The fourth-order valence-corrected chi connectivity index (χ4v) is 4.96. The average molecular weight is 613 g/mol. The number of nitrogens with one attached hydrogen (secondary N) is 2. The van der Waals surface area contributed by atoms with E-state index >= 15 is 0 Å². The first-order chi connectivity index (χ1) is 22.0. The molecule has 0 saturated heterocycles. The monoisotopic (exact) mass is 612 g/mol. The van der Waals surface area contributed by atoms with Crippen LogP contribution in [0.1, 0.15) is 33.2 Å². The molecule has 0 aliphatic carbocycles. The van der Waals surface area contributed by atoms with Gasteiger partial charge in [-0.05, 0) is 65.2 Å². The number of carbonyl (C=O) groups is 1. The Morgan fingerprint density at radius 3 is 1.91 bits per heavy atom. The zero-order valence-corrected chi connectivity index (χ0v) is 25.8. The molecule has 1 aliphatic rings. The summed E-state index contributed by atoms with van der Waals surface area (Å²) in [6.45, 7) is 0.522. The maximum Gasteiger partial charge on any atom is 0.255 e. The lowest BCUT2D eigenvalue weighted by atomic mass is 10.1. The lowest BCUT2D eigenvalue weighted by Gasteiger charge is -2.28. The molecule has 4 aromatic carbocycles. The normalized spacial score (nSPS) is 13.7. The lowest BCUT2D eigenvalue weighted by Crippen LogP contribution is -2.38. The molecule has 1 amide bonds. The summed E-state index contributed by atoms with van der Waals surface area (Å²) in [5.74, 6) is 3.82. The number of fused-ring (bicyclic) bond motifs is 1. The second-order valence-corrected chi connectivity index (χ2v) is 9.91. The predicted octanol–water partition coefficient (Wildman–Crippen LogP) is 6.21. The third kappa shape index (κ3) is 7.01. The van der Waals surface area contributed by atoms with E-state index in [-0.39, 0.29) is 19.1 Å². The number of anilines is 1. The van der Waals surface area contributed by atoms with E-state index in [2.05, 4.69) is 10.6 Å². The zero-order valence-electron chi connectivity index (χ0n) is 25.8. The van der Waals surface area contributed by atoms with Gasteiger partial charge in [0, 0.05) is 5.69 Å². The molecule has 0 bridgehead atoms. The van der Waals surface area contributed by atoms with Gasteiger partial charge in [-0.1, -0.05) is 36.4 Å². The number of hydrogen-bond donors (Lipinski definition) is 2. The van der Waals surface area contributed by atoms with Gasteiger partial charge >= 0.3 is 0 Å². The van der Waals surface area contributed by atoms with Crippen LogP contribution in [0.5, 0.6) is 40.2 Å². The second-order valence-electron chi connectivity index (χ2n) is 9.91. The van der Waals surface area contributed by atoms with Crippen molar-refractivity contribution < 1.29 is 38.0 Å². The van der Waals surface area contributed by atoms with Gasteiger partial charge in [-0.2, -0.15) is 0 Å². The molecule has 0 aromatic heterocycles. The van der Waals surface area contributed by atoms with E-state index in [9.17, 15) is 4.79 Å². The van der Waals surface area contributed by atoms with E-state index in [1.807, 2.05) is 78.9 Å². The summed E-state index contributed by atoms with van der Waals surface area (Å²) in [6, 6.07) is 22.4. The lowest BCUT2D eigenvalue weighted by molar-refractivity contribution is 0.0935. The Bertz CT molecular complexity index is 1660. The maximum absolute atomic E-state index is 12.6. The molecule has 1 unspecified atom stereocenters. The van der Waals surface area contributed by atoms with Gasteiger partial charge in [-0.15, -0.1) is 0 Å². The molecule has 10 heteroatoms. The van der Waals surface area contributed by atoms with Crippen molar-refractivity contribution in [1.82, 2.24) is 5.32 Å². The number of methoxy groups -OCH3 is 5. The van der Waals surface area contributed by atoms with Crippen molar-refractivity contribution in [2.45, 2.75) is 6.17 Å². The van der Waals surface area contributed by atoms with Crippen molar-refractivity contribution in [3.05, 3.63) is 95.1 Å². The van der Waals surface area contributed by atoms with Gasteiger partial charge in [0.15, 0.2) is 34.5 Å². The number of para-hydroxylation sites is 1. The maximum atomic E-state index is 12.6. The van der Waals surface area contributed by atoms with Crippen LogP contribution in [-0.4, -0.2) is 54.7 Å². The minimum absolute atomic E-state index is 0.137. The Morgan fingerprint density at radius 1 is 0.600 bits per heavy atom. The van der Waals surface area contributed by atoms with Crippen LogP contribution in [-0.2, 0) is 0 Å². The van der Waals surface area contributed by atoms with Crippen LogP contribution in [0, 0.1) is 0 Å². The zero-order chi connectivity index (χ0) is 31.8. The van der Waals surface area contributed by atoms with Crippen LogP contribution in [0.3, 0.4) is 0 Å². The fraction of sp³-hybridized carbons (Fsp3) is 0.229. The molecule has 1 aliphatic heterocycles. The molecular weight excluding hydrogens is 576 g/mol. The molecule has 0 saturated carbocycles. The van der Waals surface area contributed by atoms with E-state index in [1.54, 1.807) is 41.6 Å². The molecule has 2 N–H and O–H groups in total. The van der Waals surface area contributed by atoms with Crippen LogP contribution in [0.2, 0.25) is 0 Å². The van der Waals surface area contributed by atoms with E-state index < -0.39 is 6.17 Å². The van der Waals surface area contributed by atoms with Gasteiger partial charge in [0.1, 0.15) is 19.4 Å². The van der Waals surface area contributed by atoms with E-state index in [0.717, 1.165) is 22.4 Å². The highest BCUT2D eigenvalue weighted by atomic mass is 16.6. The molecule has 1 heterocycles. The van der Waals surface area contributed by atoms with Crippen LogP contribution in [0.15, 0.2) is 72.8 Å². The smallest absolute Gasteiger partial charge is 0.255 e. The number of rotatable bonds is 13. The number of hydrogen-bond acceptors (Lipinski definition) is 9. The number of benzene rings is 4. The Morgan fingerprint density at radius 2 is 1.22 bits per heavy atom. The Hall–Kier alpha value is -5.51. The Balaban J connectivity index is 1.22. The third-order valence-electron chi connectivity index (χ3n) is 7.21. The number of carbonyl (C=O) groups excluding carboxylic acids is 1. The minimum atomic E-state index is -0.402. The van der Waals surface area contributed by atoms with Gasteiger partial charge in [-0.3, -0.25) is 4.79 Å². The molecule has 4 aromatic rings. The predicted molar refractivity (Wildman–Crippen MR) is 172 cm³/mol. The molecule has 0 fully saturated rings. The molecule has 0 spiro atoms. The third-order valence-corrected chi connectivity index (χ3v) is 7.21. The number of ether oxygens (including phenoxy) is 7. The summed E-state index contributed by atoms with van der Waals surface area (Å²) < 4.78 is 39.5. The topological polar surface area (TPSA) is 106 Å². The van der Waals surface area contributed by atoms with E-state index in [4.69, 9.17) is 33.2 Å². The van der Waals surface area contributed by atoms with Gasteiger partial charge in [-0.25, -0.2) is 0 Å². The fourth-order valence-electron chi connectivity index (χ4n) is 4.96. The SMILES string of the molecule is COc1cc(C2NC(=O)c3ccccc3N2)ccc1OCCOc1cc(C=Cc2cc(OC)c(OC)c(OC)c2)ccc1OC. The summed E-state index contributed by atoms with van der Waals surface area (Å²) in [4.78, 5) is 12.6. The Kier molecular flexibility index (Phi) is 9.83. The van der Waals surface area contributed by atoms with Gasteiger partial charge in [0.25, 0.3) is 5.91 Å². The van der Waals surface area contributed by atoms with Crippen molar-refractivity contribution in [1.29, 1.82) is 0 Å². The van der Waals surface area contributed by atoms with E-state index in [0.29, 0.717) is 45.8 Å². The summed E-state index contributed by atoms with van der Waals surface area (Å²) in [5, 5.41) is 6.33. The van der Waals surface area contributed by atoms with Crippen molar-refractivity contribution in [2.24, 2.45) is 0 Å². The van der Waals surface area contributed by atoms with Crippen molar-refractivity contribution in [2.75, 3.05) is 54.1 Å². The van der Waals surface area contributed by atoms with E-state index in [1.165, 1.54) is 0 Å². The molecule has 0 radical (unpaired) electrons. The Labute approximate surface area is 262 Å². The van der Waals surface area contributed by atoms with Gasteiger partial charge in [0.2, 0.25) is 5.75 Å². The van der Waals surface area contributed by atoms with Gasteiger partial charge in [0.05, 0.1) is 41.1 Å². The van der Waals surface area contributed by atoms with Crippen LogP contribution < -0.4 is 43.8 Å². The summed E-state index contributed by atoms with van der Waals surface area (Å²) in [7, 11) is 7.91.